The fourth-order valence-corrected chi connectivity index (χ4v) is 2.40. The largest absolute Gasteiger partial charge is 0.481 e. The minimum atomic E-state index is -1.44. The molecule has 0 aliphatic rings. The zero-order chi connectivity index (χ0) is 18.9. The van der Waals surface area contributed by atoms with E-state index in [-0.39, 0.29) is 13.2 Å². The lowest BCUT2D eigenvalue weighted by atomic mass is 10.1. The first-order chi connectivity index (χ1) is 12.5. The minimum absolute atomic E-state index is 0.0609. The summed E-state index contributed by atoms with van der Waals surface area (Å²) < 4.78 is 5.15. The second-order valence-corrected chi connectivity index (χ2v) is 5.60. The third-order valence-electron chi connectivity index (χ3n) is 3.68. The predicted molar refractivity (Wildman–Crippen MR) is 92.3 cm³/mol. The third kappa shape index (κ3) is 5.62. The molecule has 0 unspecified atom stereocenters. The van der Waals surface area contributed by atoms with Crippen LogP contribution in [-0.2, 0) is 27.5 Å². The van der Waals surface area contributed by atoms with Gasteiger partial charge in [0.2, 0.25) is 0 Å². The highest BCUT2D eigenvalue weighted by Gasteiger charge is 2.33. The molecule has 1 atom stereocenters. The van der Waals surface area contributed by atoms with Gasteiger partial charge in [-0.3, -0.25) is 9.69 Å². The Morgan fingerprint density at radius 3 is 1.92 bits per heavy atom. The Morgan fingerprint density at radius 1 is 0.885 bits per heavy atom. The van der Waals surface area contributed by atoms with Crippen LogP contribution in [0, 0.1) is 0 Å². The first-order valence-corrected chi connectivity index (χ1v) is 7.93. The van der Waals surface area contributed by atoms with E-state index in [1.165, 1.54) is 0 Å². The van der Waals surface area contributed by atoms with E-state index < -0.39 is 30.5 Å². The van der Waals surface area contributed by atoms with Gasteiger partial charge >= 0.3 is 18.0 Å². The van der Waals surface area contributed by atoms with Crippen LogP contribution in [0.25, 0.3) is 0 Å². The van der Waals surface area contributed by atoms with Gasteiger partial charge in [-0.2, -0.15) is 0 Å². The topological polar surface area (TPSA) is 104 Å². The highest BCUT2D eigenvalue weighted by atomic mass is 16.5. The van der Waals surface area contributed by atoms with Crippen LogP contribution in [0.1, 0.15) is 17.5 Å². The van der Waals surface area contributed by atoms with Gasteiger partial charge in [0, 0.05) is 6.54 Å². The molecule has 0 bridgehead atoms. The average molecular weight is 357 g/mol. The van der Waals surface area contributed by atoms with Crippen molar-refractivity contribution >= 4 is 18.0 Å². The number of amides is 1. The maximum atomic E-state index is 12.4. The second kappa shape index (κ2) is 9.22. The minimum Gasteiger partial charge on any atom is -0.481 e. The van der Waals surface area contributed by atoms with Gasteiger partial charge in [0.1, 0.15) is 12.6 Å². The molecule has 0 fully saturated rings. The number of esters is 1. The summed E-state index contributed by atoms with van der Waals surface area (Å²) in [5.74, 6) is -2.18. The van der Waals surface area contributed by atoms with Crippen molar-refractivity contribution in [3.05, 3.63) is 71.8 Å². The summed E-state index contributed by atoms with van der Waals surface area (Å²) >= 11 is 0. The zero-order valence-electron chi connectivity index (χ0n) is 13.9. The van der Waals surface area contributed by atoms with E-state index in [4.69, 9.17) is 9.84 Å². The lowest BCUT2D eigenvalue weighted by Gasteiger charge is -2.27. The number of hydrogen-bond acceptors (Lipinski definition) is 4. The van der Waals surface area contributed by atoms with Crippen LogP contribution < -0.4 is 0 Å². The normalized spacial score (nSPS) is 11.4. The van der Waals surface area contributed by atoms with Crippen molar-refractivity contribution in [3.8, 4) is 0 Å². The van der Waals surface area contributed by atoms with Crippen molar-refractivity contribution in [1.82, 2.24) is 4.90 Å². The standard InChI is InChI=1S/C19H19NO6/c21-17(22)11-16(18(23)26-13-15-9-5-2-6-10-15)20(19(24)25)12-14-7-3-1-4-8-14/h1-10,16H,11-13H2,(H,21,22)(H,24,25)/t16-/m0/s1. The van der Waals surface area contributed by atoms with Crippen LogP contribution in [0.15, 0.2) is 60.7 Å². The molecule has 0 aliphatic heterocycles. The molecule has 0 aliphatic carbocycles. The van der Waals surface area contributed by atoms with E-state index >= 15 is 0 Å². The van der Waals surface area contributed by atoms with Crippen molar-refractivity contribution in [2.45, 2.75) is 25.6 Å². The van der Waals surface area contributed by atoms with Gasteiger partial charge in [0.05, 0.1) is 6.42 Å². The Kier molecular flexibility index (Phi) is 6.73. The quantitative estimate of drug-likeness (QED) is 0.704. The fraction of sp³-hybridized carbons (Fsp3) is 0.211. The van der Waals surface area contributed by atoms with Crippen LogP contribution in [0.3, 0.4) is 0 Å². The van der Waals surface area contributed by atoms with Gasteiger partial charge in [-0.25, -0.2) is 9.59 Å². The lowest BCUT2D eigenvalue weighted by Crippen LogP contribution is -2.46. The first kappa shape index (κ1) is 19.0. The number of carboxylic acids is 1. The number of carbonyl (C=O) groups excluding carboxylic acids is 1. The molecule has 0 saturated heterocycles. The molecule has 0 aromatic heterocycles. The molecule has 2 aromatic rings. The van der Waals surface area contributed by atoms with E-state index in [2.05, 4.69) is 0 Å². The summed E-state index contributed by atoms with van der Waals surface area (Å²) in [6.07, 6.45) is -2.07. The number of rotatable bonds is 8. The number of aliphatic carboxylic acids is 1. The molecule has 26 heavy (non-hydrogen) atoms. The maximum Gasteiger partial charge on any atom is 0.408 e. The van der Waals surface area contributed by atoms with Crippen molar-refractivity contribution in [1.29, 1.82) is 0 Å². The Labute approximate surface area is 150 Å². The van der Waals surface area contributed by atoms with Crippen LogP contribution in [0.2, 0.25) is 0 Å². The van der Waals surface area contributed by atoms with Gasteiger partial charge in [-0.05, 0) is 11.1 Å². The number of benzene rings is 2. The Hall–Kier alpha value is -3.35. The van der Waals surface area contributed by atoms with Crippen molar-refractivity contribution in [2.75, 3.05) is 0 Å². The van der Waals surface area contributed by atoms with Crippen molar-refractivity contribution in [3.63, 3.8) is 0 Å². The summed E-state index contributed by atoms with van der Waals surface area (Å²) in [5.41, 5.74) is 1.36. The molecule has 0 heterocycles. The third-order valence-corrected chi connectivity index (χ3v) is 3.68. The van der Waals surface area contributed by atoms with Gasteiger partial charge < -0.3 is 14.9 Å². The predicted octanol–water partition coefficient (Wildman–Crippen LogP) is 2.75. The van der Waals surface area contributed by atoms with Gasteiger partial charge in [0.25, 0.3) is 0 Å². The summed E-state index contributed by atoms with van der Waals surface area (Å²) in [6, 6.07) is 16.1. The SMILES string of the molecule is O=C(O)C[C@@H](C(=O)OCc1ccccc1)N(Cc1ccccc1)C(=O)O. The first-order valence-electron chi connectivity index (χ1n) is 7.93. The summed E-state index contributed by atoms with van der Waals surface area (Å²) in [7, 11) is 0. The van der Waals surface area contributed by atoms with Crippen LogP contribution >= 0.6 is 0 Å². The van der Waals surface area contributed by atoms with E-state index in [0.29, 0.717) is 5.56 Å². The lowest BCUT2D eigenvalue weighted by molar-refractivity contribution is -0.155. The average Bonchev–Trinajstić information content (AvgIpc) is 2.64. The Bertz CT molecular complexity index is 747. The Morgan fingerprint density at radius 2 is 1.42 bits per heavy atom. The summed E-state index contributed by atoms with van der Waals surface area (Å²) in [6.45, 7) is -0.177. The fourth-order valence-electron chi connectivity index (χ4n) is 2.40. The molecule has 2 aromatic carbocycles. The number of hydrogen-bond donors (Lipinski definition) is 2. The van der Waals surface area contributed by atoms with Crippen LogP contribution in [0.5, 0.6) is 0 Å². The summed E-state index contributed by atoms with van der Waals surface area (Å²) in [4.78, 5) is 36.0. The highest BCUT2D eigenvalue weighted by Crippen LogP contribution is 2.14. The molecule has 7 nitrogen and oxygen atoms in total. The Balaban J connectivity index is 2.15. The smallest absolute Gasteiger partial charge is 0.408 e. The van der Waals surface area contributed by atoms with Gasteiger partial charge in [0.15, 0.2) is 0 Å². The molecular formula is C19H19NO6. The molecule has 0 radical (unpaired) electrons. The van der Waals surface area contributed by atoms with Crippen LogP contribution in [-0.4, -0.2) is 39.2 Å². The molecule has 0 saturated carbocycles. The molecule has 7 heteroatoms. The molecule has 0 spiro atoms. The number of nitrogens with zero attached hydrogens (tertiary/aromatic N) is 1. The van der Waals surface area contributed by atoms with Crippen molar-refractivity contribution in [2.24, 2.45) is 0 Å². The van der Waals surface area contributed by atoms with Gasteiger partial charge in [-0.15, -0.1) is 0 Å². The molecule has 136 valence electrons. The van der Waals surface area contributed by atoms with E-state index in [0.717, 1.165) is 10.5 Å². The molecular weight excluding hydrogens is 338 g/mol. The van der Waals surface area contributed by atoms with Crippen molar-refractivity contribution < 1.29 is 29.3 Å². The monoisotopic (exact) mass is 357 g/mol. The molecule has 2 rings (SSSR count). The zero-order valence-corrected chi connectivity index (χ0v) is 13.9. The summed E-state index contributed by atoms with van der Waals surface area (Å²) in [5, 5.41) is 18.6. The maximum absolute atomic E-state index is 12.4. The second-order valence-electron chi connectivity index (χ2n) is 5.60. The van der Waals surface area contributed by atoms with E-state index in [9.17, 15) is 19.5 Å². The number of carbonyl (C=O) groups is 3. The van der Waals surface area contributed by atoms with E-state index in [1.54, 1.807) is 54.6 Å². The van der Waals surface area contributed by atoms with E-state index in [1.807, 2.05) is 6.07 Å². The highest BCUT2D eigenvalue weighted by molar-refractivity contribution is 5.85. The van der Waals surface area contributed by atoms with Gasteiger partial charge in [-0.1, -0.05) is 60.7 Å². The number of carboxylic acid groups (broad SMARTS) is 2. The molecule has 2 N–H and O–H groups in total. The van der Waals surface area contributed by atoms with Crippen LogP contribution in [0.4, 0.5) is 4.79 Å². The molecule has 1 amide bonds. The number of ether oxygens (including phenoxy) is 1.